The van der Waals surface area contributed by atoms with Crippen LogP contribution < -0.4 is 0 Å². The predicted octanol–water partition coefficient (Wildman–Crippen LogP) is 4.68. The minimum Gasteiger partial charge on any atom is -0.393 e. The molecule has 0 saturated heterocycles. The molecule has 0 aromatic heterocycles. The van der Waals surface area contributed by atoms with Crippen LogP contribution in [0.1, 0.15) is 66.2 Å². The number of rotatable bonds is 1. The number of ketones is 1. The predicted molar refractivity (Wildman–Crippen MR) is 96.4 cm³/mol. The number of carbonyl (C=O) groups excluding carboxylic acids is 1. The number of hydrogen-bond donors (Lipinski definition) is 1. The third-order valence-corrected chi connectivity index (χ3v) is 8.23. The molecule has 24 heavy (non-hydrogen) atoms. The van der Waals surface area contributed by atoms with Gasteiger partial charge in [-0.2, -0.15) is 0 Å². The zero-order chi connectivity index (χ0) is 17.3. The van der Waals surface area contributed by atoms with E-state index in [2.05, 4.69) is 32.9 Å². The summed E-state index contributed by atoms with van der Waals surface area (Å²) in [6.07, 6.45) is 11.2. The largest absolute Gasteiger partial charge is 0.393 e. The lowest BCUT2D eigenvalue weighted by molar-refractivity contribution is -0.125. The molecule has 0 aliphatic heterocycles. The fourth-order valence-corrected chi connectivity index (χ4v) is 7.15. The van der Waals surface area contributed by atoms with Crippen molar-refractivity contribution in [3.8, 4) is 0 Å². The van der Waals surface area contributed by atoms with Crippen LogP contribution in [-0.4, -0.2) is 17.0 Å². The van der Waals surface area contributed by atoms with Crippen LogP contribution >= 0.6 is 0 Å². The zero-order valence-electron chi connectivity index (χ0n) is 15.6. The summed E-state index contributed by atoms with van der Waals surface area (Å²) in [5.74, 6) is 2.24. The molecule has 0 spiro atoms. The van der Waals surface area contributed by atoms with Crippen LogP contribution in [-0.2, 0) is 4.79 Å². The number of carbonyl (C=O) groups is 1. The van der Waals surface area contributed by atoms with E-state index in [1.165, 1.54) is 12.0 Å². The molecule has 2 heteroatoms. The first-order valence-electron chi connectivity index (χ1n) is 9.87. The van der Waals surface area contributed by atoms with Crippen molar-refractivity contribution in [3.63, 3.8) is 0 Å². The molecule has 0 amide bonds. The molecule has 1 N–H and O–H groups in total. The highest BCUT2D eigenvalue weighted by atomic mass is 16.3. The first-order chi connectivity index (χ1) is 11.3. The quantitative estimate of drug-likeness (QED) is 0.710. The van der Waals surface area contributed by atoms with E-state index >= 15 is 0 Å². The zero-order valence-corrected chi connectivity index (χ0v) is 15.6. The molecule has 0 radical (unpaired) electrons. The van der Waals surface area contributed by atoms with Gasteiger partial charge in [-0.05, 0) is 74.0 Å². The number of Topliss-reactive ketones (excluding diaryl/α,β-unsaturated/α-hetero) is 1. The van der Waals surface area contributed by atoms with Crippen molar-refractivity contribution in [2.75, 3.05) is 0 Å². The maximum Gasteiger partial charge on any atom is 0.134 e. The van der Waals surface area contributed by atoms with Gasteiger partial charge in [0.05, 0.1) is 6.10 Å². The smallest absolute Gasteiger partial charge is 0.134 e. The summed E-state index contributed by atoms with van der Waals surface area (Å²) in [7, 11) is 0. The highest BCUT2D eigenvalue weighted by molar-refractivity contribution is 5.81. The number of hydrogen-bond acceptors (Lipinski definition) is 2. The van der Waals surface area contributed by atoms with E-state index in [0.717, 1.165) is 32.1 Å². The molecule has 7 atom stereocenters. The molecule has 132 valence electrons. The molecule has 0 heterocycles. The fourth-order valence-electron chi connectivity index (χ4n) is 7.15. The molecule has 2 fully saturated rings. The van der Waals surface area contributed by atoms with E-state index in [9.17, 15) is 9.90 Å². The highest BCUT2D eigenvalue weighted by Gasteiger charge is 2.57. The van der Waals surface area contributed by atoms with Crippen molar-refractivity contribution >= 4 is 5.78 Å². The normalized spacial score (nSPS) is 50.3. The van der Waals surface area contributed by atoms with Gasteiger partial charge in [-0.3, -0.25) is 4.79 Å². The van der Waals surface area contributed by atoms with Gasteiger partial charge in [0.25, 0.3) is 0 Å². The molecule has 4 rings (SSSR count). The van der Waals surface area contributed by atoms with Crippen molar-refractivity contribution in [1.29, 1.82) is 0 Å². The molecule has 4 aliphatic carbocycles. The molecule has 0 bridgehead atoms. The maximum absolute atomic E-state index is 12.3. The van der Waals surface area contributed by atoms with Crippen molar-refractivity contribution in [1.82, 2.24) is 0 Å². The fraction of sp³-hybridized carbons (Fsp3) is 0.773. The van der Waals surface area contributed by atoms with E-state index in [1.54, 1.807) is 12.5 Å². The summed E-state index contributed by atoms with van der Waals surface area (Å²) >= 11 is 0. The van der Waals surface area contributed by atoms with Crippen LogP contribution in [0.3, 0.4) is 0 Å². The average molecular weight is 328 g/mol. The van der Waals surface area contributed by atoms with Crippen LogP contribution in [0.5, 0.6) is 0 Å². The SMILES string of the molecule is CC(=O)C1C(C)C=C2C3CC=C4CC(O)CCC4(C)C3CCC21C. The Bertz CT molecular complexity index is 630. The molecule has 0 aromatic carbocycles. The van der Waals surface area contributed by atoms with Crippen LogP contribution in [0.25, 0.3) is 0 Å². The summed E-state index contributed by atoms with van der Waals surface area (Å²) in [5.41, 5.74) is 3.46. The van der Waals surface area contributed by atoms with Gasteiger partial charge in [0.2, 0.25) is 0 Å². The first-order valence-corrected chi connectivity index (χ1v) is 9.87. The molecular weight excluding hydrogens is 296 g/mol. The van der Waals surface area contributed by atoms with E-state index in [1.807, 2.05) is 0 Å². The molecule has 4 aliphatic rings. The van der Waals surface area contributed by atoms with E-state index in [0.29, 0.717) is 23.5 Å². The van der Waals surface area contributed by atoms with Crippen LogP contribution in [0, 0.1) is 34.5 Å². The summed E-state index contributed by atoms with van der Waals surface area (Å²) < 4.78 is 0. The van der Waals surface area contributed by atoms with Crippen molar-refractivity contribution in [2.45, 2.75) is 72.3 Å². The van der Waals surface area contributed by atoms with E-state index < -0.39 is 0 Å². The number of allylic oxidation sites excluding steroid dienone is 3. The second-order valence-electron chi connectivity index (χ2n) is 9.52. The second-order valence-corrected chi connectivity index (χ2v) is 9.52. The van der Waals surface area contributed by atoms with Gasteiger partial charge >= 0.3 is 0 Å². The second kappa shape index (κ2) is 5.30. The standard InChI is InChI=1S/C22H32O2/c1-13-11-19-17-6-5-15-12-16(24)7-9-21(15,3)18(17)8-10-22(19,4)20(13)14(2)23/h5,11,13,16-18,20,24H,6-10,12H2,1-4H3. The number of aliphatic hydroxyl groups excluding tert-OH is 1. The Morgan fingerprint density at radius 2 is 1.92 bits per heavy atom. The average Bonchev–Trinajstić information content (AvgIpc) is 2.78. The number of fused-ring (bicyclic) bond motifs is 5. The van der Waals surface area contributed by atoms with Crippen LogP contribution in [0.2, 0.25) is 0 Å². The van der Waals surface area contributed by atoms with Gasteiger partial charge in [0, 0.05) is 5.92 Å². The van der Waals surface area contributed by atoms with Crippen molar-refractivity contribution in [3.05, 3.63) is 23.3 Å². The Morgan fingerprint density at radius 1 is 1.21 bits per heavy atom. The summed E-state index contributed by atoms with van der Waals surface area (Å²) in [6, 6.07) is 0. The third-order valence-electron chi connectivity index (χ3n) is 8.23. The lowest BCUT2D eigenvalue weighted by atomic mass is 9.48. The highest BCUT2D eigenvalue weighted by Crippen LogP contribution is 2.65. The van der Waals surface area contributed by atoms with Crippen molar-refractivity contribution in [2.24, 2.45) is 34.5 Å². The van der Waals surface area contributed by atoms with Crippen LogP contribution in [0.4, 0.5) is 0 Å². The Balaban J connectivity index is 1.72. The Hall–Kier alpha value is -0.890. The molecular formula is C22H32O2. The summed E-state index contributed by atoms with van der Waals surface area (Å²) in [4.78, 5) is 12.3. The van der Waals surface area contributed by atoms with Gasteiger partial charge in [0.1, 0.15) is 5.78 Å². The maximum atomic E-state index is 12.3. The van der Waals surface area contributed by atoms with Gasteiger partial charge in [0.15, 0.2) is 0 Å². The third kappa shape index (κ3) is 2.08. The Morgan fingerprint density at radius 3 is 2.62 bits per heavy atom. The van der Waals surface area contributed by atoms with E-state index in [4.69, 9.17) is 0 Å². The number of aliphatic hydroxyl groups is 1. The lowest BCUT2D eigenvalue weighted by Crippen LogP contribution is -2.48. The Kier molecular flexibility index (Phi) is 3.66. The summed E-state index contributed by atoms with van der Waals surface area (Å²) in [6.45, 7) is 8.83. The van der Waals surface area contributed by atoms with E-state index in [-0.39, 0.29) is 22.9 Å². The topological polar surface area (TPSA) is 37.3 Å². The summed E-state index contributed by atoms with van der Waals surface area (Å²) in [5, 5.41) is 10.1. The van der Waals surface area contributed by atoms with Crippen molar-refractivity contribution < 1.29 is 9.90 Å². The lowest BCUT2D eigenvalue weighted by Gasteiger charge is -2.56. The molecule has 0 aromatic rings. The first kappa shape index (κ1) is 16.6. The van der Waals surface area contributed by atoms with Gasteiger partial charge < -0.3 is 5.11 Å². The minimum absolute atomic E-state index is 0.0856. The molecule has 2 nitrogen and oxygen atoms in total. The Labute approximate surface area is 146 Å². The van der Waals surface area contributed by atoms with Gasteiger partial charge in [-0.1, -0.05) is 44.1 Å². The van der Waals surface area contributed by atoms with Gasteiger partial charge in [-0.15, -0.1) is 0 Å². The van der Waals surface area contributed by atoms with Crippen LogP contribution in [0.15, 0.2) is 23.3 Å². The molecule has 2 saturated carbocycles. The molecule has 7 unspecified atom stereocenters. The minimum atomic E-state index is -0.137. The monoisotopic (exact) mass is 328 g/mol. The van der Waals surface area contributed by atoms with Gasteiger partial charge in [-0.25, -0.2) is 0 Å².